The normalized spacial score (nSPS) is 15.3. The molecule has 1 aliphatic heterocycles. The second-order valence-corrected chi connectivity index (χ2v) is 9.06. The van der Waals surface area contributed by atoms with Crippen molar-refractivity contribution in [2.75, 3.05) is 19.3 Å². The SMILES string of the molecule is CS(=O)(=O)c1ccc(-n2cc(Cl)c(OC3CCN(C(=O)O)CC3)cc2=O)cc1F. The van der Waals surface area contributed by atoms with Gasteiger partial charge in [0.2, 0.25) is 0 Å². The number of rotatable bonds is 4. The standard InChI is InChI=1S/C18H18ClFN2O6S/c1-29(26,27)16-3-2-11(8-14(16)20)22-10-13(19)15(9-17(22)23)28-12-4-6-21(7-5-12)18(24)25/h2-3,8-10,12H,4-7H2,1H3,(H,24,25). The molecule has 0 saturated carbocycles. The molecule has 29 heavy (non-hydrogen) atoms. The van der Waals surface area contributed by atoms with Crippen molar-refractivity contribution in [1.29, 1.82) is 0 Å². The maximum absolute atomic E-state index is 14.1. The Bertz CT molecular complexity index is 1110. The van der Waals surface area contributed by atoms with Crippen molar-refractivity contribution in [1.82, 2.24) is 9.47 Å². The number of nitrogens with zero attached hydrogens (tertiary/aromatic N) is 2. The average Bonchev–Trinajstić information content (AvgIpc) is 2.63. The summed E-state index contributed by atoms with van der Waals surface area (Å²) in [6, 6.07) is 4.49. The molecule has 1 aliphatic rings. The van der Waals surface area contributed by atoms with Gasteiger partial charge in [-0.2, -0.15) is 0 Å². The van der Waals surface area contributed by atoms with E-state index in [4.69, 9.17) is 21.4 Å². The lowest BCUT2D eigenvalue weighted by atomic mass is 10.1. The van der Waals surface area contributed by atoms with Crippen LogP contribution in [-0.4, -0.2) is 54.5 Å². The molecule has 0 aliphatic carbocycles. The smallest absolute Gasteiger partial charge is 0.407 e. The summed E-state index contributed by atoms with van der Waals surface area (Å²) < 4.78 is 44.0. The highest BCUT2D eigenvalue weighted by Gasteiger charge is 2.24. The van der Waals surface area contributed by atoms with Crippen molar-refractivity contribution in [2.45, 2.75) is 23.8 Å². The van der Waals surface area contributed by atoms with Gasteiger partial charge in [-0.15, -0.1) is 0 Å². The third-order valence-electron chi connectivity index (χ3n) is 4.57. The summed E-state index contributed by atoms with van der Waals surface area (Å²) in [5.74, 6) is -0.826. The van der Waals surface area contributed by atoms with Gasteiger partial charge in [0.25, 0.3) is 5.56 Å². The molecule has 8 nitrogen and oxygen atoms in total. The predicted molar refractivity (Wildman–Crippen MR) is 103 cm³/mol. The van der Waals surface area contributed by atoms with Crippen LogP contribution in [0.5, 0.6) is 5.75 Å². The van der Waals surface area contributed by atoms with E-state index in [1.165, 1.54) is 17.2 Å². The topological polar surface area (TPSA) is 106 Å². The first-order valence-electron chi connectivity index (χ1n) is 8.63. The zero-order chi connectivity index (χ0) is 21.3. The van der Waals surface area contributed by atoms with Crippen LogP contribution in [-0.2, 0) is 9.84 Å². The first kappa shape index (κ1) is 21.1. The minimum absolute atomic E-state index is 0.109. The molecule has 156 valence electrons. The number of likely N-dealkylation sites (tertiary alicyclic amines) is 1. The van der Waals surface area contributed by atoms with Crippen LogP contribution in [0.15, 0.2) is 40.2 Å². The first-order chi connectivity index (χ1) is 13.6. The minimum atomic E-state index is -3.73. The van der Waals surface area contributed by atoms with E-state index in [9.17, 15) is 22.4 Å². The number of aromatic nitrogens is 1. The fourth-order valence-electron chi connectivity index (χ4n) is 3.07. The van der Waals surface area contributed by atoms with E-state index >= 15 is 0 Å². The van der Waals surface area contributed by atoms with Crippen LogP contribution in [0.4, 0.5) is 9.18 Å². The Kier molecular flexibility index (Phi) is 5.85. The Morgan fingerprint density at radius 2 is 1.93 bits per heavy atom. The number of pyridine rings is 1. The van der Waals surface area contributed by atoms with Crippen LogP contribution < -0.4 is 10.3 Å². The number of piperidine rings is 1. The van der Waals surface area contributed by atoms with Crippen LogP contribution >= 0.6 is 11.6 Å². The maximum atomic E-state index is 14.1. The van der Waals surface area contributed by atoms with Crippen molar-refractivity contribution >= 4 is 27.5 Å². The first-order valence-corrected chi connectivity index (χ1v) is 10.9. The van der Waals surface area contributed by atoms with E-state index in [1.807, 2.05) is 0 Å². The minimum Gasteiger partial charge on any atom is -0.488 e. The number of halogens is 2. The highest BCUT2D eigenvalue weighted by atomic mass is 35.5. The van der Waals surface area contributed by atoms with E-state index in [1.54, 1.807) is 0 Å². The lowest BCUT2D eigenvalue weighted by Crippen LogP contribution is -2.41. The Labute approximate surface area is 171 Å². The molecule has 1 amide bonds. The highest BCUT2D eigenvalue weighted by molar-refractivity contribution is 7.90. The maximum Gasteiger partial charge on any atom is 0.407 e. The summed E-state index contributed by atoms with van der Waals surface area (Å²) in [5.41, 5.74) is -0.429. The van der Waals surface area contributed by atoms with Gasteiger partial charge in [0.05, 0.1) is 10.7 Å². The summed E-state index contributed by atoms with van der Waals surface area (Å²) in [6.07, 6.45) is 1.80. The quantitative estimate of drug-likeness (QED) is 0.776. The summed E-state index contributed by atoms with van der Waals surface area (Å²) in [5, 5.41) is 9.08. The molecule has 1 saturated heterocycles. The van der Waals surface area contributed by atoms with Gasteiger partial charge in [0.15, 0.2) is 9.84 Å². The predicted octanol–water partition coefficient (Wildman–Crippen LogP) is 2.55. The van der Waals surface area contributed by atoms with Crippen molar-refractivity contribution in [2.24, 2.45) is 0 Å². The number of benzene rings is 1. The fraction of sp³-hybridized carbons (Fsp3) is 0.333. The number of carboxylic acid groups (broad SMARTS) is 1. The van der Waals surface area contributed by atoms with Gasteiger partial charge < -0.3 is 14.7 Å². The molecule has 0 atom stereocenters. The third-order valence-corrected chi connectivity index (χ3v) is 5.98. The zero-order valence-corrected chi connectivity index (χ0v) is 16.9. The van der Waals surface area contributed by atoms with Crippen LogP contribution in [0.25, 0.3) is 5.69 Å². The van der Waals surface area contributed by atoms with E-state index in [-0.39, 0.29) is 22.6 Å². The Hall–Kier alpha value is -2.59. The highest BCUT2D eigenvalue weighted by Crippen LogP contribution is 2.27. The Balaban J connectivity index is 1.83. The number of hydrogen-bond donors (Lipinski definition) is 1. The molecule has 1 N–H and O–H groups in total. The van der Waals surface area contributed by atoms with Gasteiger partial charge in [-0.3, -0.25) is 9.36 Å². The average molecular weight is 445 g/mol. The van der Waals surface area contributed by atoms with Crippen LogP contribution in [0.1, 0.15) is 12.8 Å². The van der Waals surface area contributed by atoms with Crippen molar-refractivity contribution in [3.8, 4) is 11.4 Å². The molecule has 1 aromatic carbocycles. The number of sulfone groups is 1. The fourth-order valence-corrected chi connectivity index (χ4v) is 3.99. The summed E-state index contributed by atoms with van der Waals surface area (Å²) in [6.45, 7) is 0.640. The van der Waals surface area contributed by atoms with Gasteiger partial charge in [-0.1, -0.05) is 11.6 Å². The lowest BCUT2D eigenvalue weighted by molar-refractivity contribution is 0.0894. The van der Waals surface area contributed by atoms with Gasteiger partial charge in [-0.25, -0.2) is 17.6 Å². The van der Waals surface area contributed by atoms with E-state index in [2.05, 4.69) is 0 Å². The monoisotopic (exact) mass is 444 g/mol. The van der Waals surface area contributed by atoms with E-state index in [0.717, 1.165) is 29.0 Å². The molecule has 0 unspecified atom stereocenters. The summed E-state index contributed by atoms with van der Waals surface area (Å²) >= 11 is 6.21. The number of ether oxygens (including phenoxy) is 1. The molecule has 0 spiro atoms. The molecule has 2 aromatic rings. The Morgan fingerprint density at radius 3 is 2.48 bits per heavy atom. The number of amides is 1. The second kappa shape index (κ2) is 8.03. The molecule has 2 heterocycles. The van der Waals surface area contributed by atoms with Gasteiger partial charge in [0.1, 0.15) is 22.6 Å². The molecule has 0 bridgehead atoms. The van der Waals surface area contributed by atoms with E-state index < -0.39 is 32.2 Å². The molecule has 3 rings (SSSR count). The molecule has 1 fully saturated rings. The molecule has 1 aromatic heterocycles. The van der Waals surface area contributed by atoms with E-state index in [0.29, 0.717) is 25.9 Å². The molecular weight excluding hydrogens is 427 g/mol. The lowest BCUT2D eigenvalue weighted by Gasteiger charge is -2.30. The molecule has 11 heteroatoms. The van der Waals surface area contributed by atoms with Gasteiger partial charge in [0, 0.05) is 44.5 Å². The largest absolute Gasteiger partial charge is 0.488 e. The van der Waals surface area contributed by atoms with Gasteiger partial charge in [-0.05, 0) is 18.2 Å². The van der Waals surface area contributed by atoms with Crippen molar-refractivity contribution in [3.63, 3.8) is 0 Å². The molecule has 0 radical (unpaired) electrons. The summed E-state index contributed by atoms with van der Waals surface area (Å²) in [4.78, 5) is 24.2. The summed E-state index contributed by atoms with van der Waals surface area (Å²) in [7, 11) is -3.73. The van der Waals surface area contributed by atoms with Crippen LogP contribution in [0, 0.1) is 5.82 Å². The van der Waals surface area contributed by atoms with Crippen LogP contribution in [0.2, 0.25) is 5.02 Å². The second-order valence-electron chi connectivity index (χ2n) is 6.67. The Morgan fingerprint density at radius 1 is 1.28 bits per heavy atom. The third kappa shape index (κ3) is 4.70. The number of hydrogen-bond acceptors (Lipinski definition) is 5. The van der Waals surface area contributed by atoms with Gasteiger partial charge >= 0.3 is 6.09 Å². The van der Waals surface area contributed by atoms with Crippen LogP contribution in [0.3, 0.4) is 0 Å². The van der Waals surface area contributed by atoms with Crippen molar-refractivity contribution in [3.05, 3.63) is 51.7 Å². The molecular formula is C18H18ClFN2O6S. The number of carbonyl (C=O) groups is 1. The zero-order valence-electron chi connectivity index (χ0n) is 15.3. The van der Waals surface area contributed by atoms with Crippen molar-refractivity contribution < 1.29 is 27.4 Å².